The number of aryl methyl sites for hydroxylation is 1. The molecule has 1 N–H and O–H groups in total. The Labute approximate surface area is 136 Å². The van der Waals surface area contributed by atoms with Gasteiger partial charge in [-0.1, -0.05) is 0 Å². The van der Waals surface area contributed by atoms with E-state index in [9.17, 15) is 0 Å². The lowest BCUT2D eigenvalue weighted by Crippen LogP contribution is -2.48. The van der Waals surface area contributed by atoms with Gasteiger partial charge < -0.3 is 19.5 Å². The molecule has 2 fully saturated rings. The van der Waals surface area contributed by atoms with Gasteiger partial charge >= 0.3 is 0 Å². The molecule has 3 rings (SSSR count). The topological polar surface area (TPSA) is 52.6 Å². The third-order valence-electron chi connectivity index (χ3n) is 4.38. The van der Waals surface area contributed by atoms with Crippen LogP contribution in [0.3, 0.4) is 0 Å². The van der Waals surface area contributed by atoms with Gasteiger partial charge in [0.2, 0.25) is 0 Å². The SMILES string of the molecule is Cc1csc(C2(NCCOC3CCCCO3)CCOCC2)n1. The summed E-state index contributed by atoms with van der Waals surface area (Å²) in [4.78, 5) is 4.71. The van der Waals surface area contributed by atoms with E-state index in [1.54, 1.807) is 11.3 Å². The summed E-state index contributed by atoms with van der Waals surface area (Å²) in [6.45, 7) is 5.96. The third kappa shape index (κ3) is 4.06. The maximum Gasteiger partial charge on any atom is 0.157 e. The first-order valence-corrected chi connectivity index (χ1v) is 9.15. The number of hydrogen-bond donors (Lipinski definition) is 1. The number of aromatic nitrogens is 1. The maximum atomic E-state index is 5.83. The second-order valence-corrected chi connectivity index (χ2v) is 6.94. The van der Waals surface area contributed by atoms with Crippen molar-refractivity contribution in [3.05, 3.63) is 16.1 Å². The lowest BCUT2D eigenvalue weighted by Gasteiger charge is -2.36. The van der Waals surface area contributed by atoms with Gasteiger partial charge in [0.25, 0.3) is 0 Å². The van der Waals surface area contributed by atoms with E-state index in [0.717, 1.165) is 57.7 Å². The molecule has 1 unspecified atom stereocenters. The Morgan fingerprint density at radius 1 is 1.36 bits per heavy atom. The van der Waals surface area contributed by atoms with Crippen LogP contribution < -0.4 is 5.32 Å². The van der Waals surface area contributed by atoms with Crippen LogP contribution in [0.15, 0.2) is 5.38 Å². The Morgan fingerprint density at radius 2 is 2.23 bits per heavy atom. The van der Waals surface area contributed by atoms with Crippen molar-refractivity contribution < 1.29 is 14.2 Å². The molecule has 3 heterocycles. The smallest absolute Gasteiger partial charge is 0.157 e. The molecule has 1 atom stereocenters. The molecule has 0 amide bonds. The number of thiazole rings is 1. The molecule has 1 aromatic heterocycles. The van der Waals surface area contributed by atoms with E-state index in [1.165, 1.54) is 11.4 Å². The molecule has 22 heavy (non-hydrogen) atoms. The van der Waals surface area contributed by atoms with Crippen molar-refractivity contribution in [1.82, 2.24) is 10.3 Å². The quantitative estimate of drug-likeness (QED) is 0.814. The van der Waals surface area contributed by atoms with E-state index in [2.05, 4.69) is 17.6 Å². The molecule has 2 aliphatic rings. The van der Waals surface area contributed by atoms with E-state index >= 15 is 0 Å². The average Bonchev–Trinajstić information content (AvgIpc) is 3.01. The Bertz CT molecular complexity index is 454. The summed E-state index contributed by atoms with van der Waals surface area (Å²) in [6, 6.07) is 0. The molecule has 0 saturated carbocycles. The van der Waals surface area contributed by atoms with Crippen molar-refractivity contribution in [3.8, 4) is 0 Å². The summed E-state index contributed by atoms with van der Waals surface area (Å²) in [5.41, 5.74) is 1.05. The minimum atomic E-state index is -0.0477. The third-order valence-corrected chi connectivity index (χ3v) is 5.55. The van der Waals surface area contributed by atoms with Gasteiger partial charge in [-0.05, 0) is 39.0 Å². The van der Waals surface area contributed by atoms with Crippen LogP contribution >= 0.6 is 11.3 Å². The summed E-state index contributed by atoms with van der Waals surface area (Å²) in [5.74, 6) is 0. The molecule has 0 bridgehead atoms. The Balaban J connectivity index is 1.52. The minimum Gasteiger partial charge on any atom is -0.381 e. The van der Waals surface area contributed by atoms with Gasteiger partial charge in [-0.15, -0.1) is 11.3 Å². The van der Waals surface area contributed by atoms with Gasteiger partial charge in [-0.25, -0.2) is 4.98 Å². The summed E-state index contributed by atoms with van der Waals surface area (Å²) in [7, 11) is 0. The predicted molar refractivity (Wildman–Crippen MR) is 86.1 cm³/mol. The van der Waals surface area contributed by atoms with Gasteiger partial charge in [0, 0.05) is 37.4 Å². The molecule has 5 nitrogen and oxygen atoms in total. The van der Waals surface area contributed by atoms with Crippen LogP contribution in [0.25, 0.3) is 0 Å². The fourth-order valence-electron chi connectivity index (χ4n) is 3.08. The van der Waals surface area contributed by atoms with Crippen LogP contribution in [0.2, 0.25) is 0 Å². The highest BCUT2D eigenvalue weighted by Gasteiger charge is 2.36. The molecule has 6 heteroatoms. The van der Waals surface area contributed by atoms with E-state index in [4.69, 9.17) is 19.2 Å². The molecular weight excluding hydrogens is 300 g/mol. The van der Waals surface area contributed by atoms with Crippen molar-refractivity contribution in [3.63, 3.8) is 0 Å². The zero-order valence-corrected chi connectivity index (χ0v) is 14.1. The van der Waals surface area contributed by atoms with Crippen LogP contribution in [0.4, 0.5) is 0 Å². The summed E-state index contributed by atoms with van der Waals surface area (Å²) < 4.78 is 17.0. The molecule has 0 spiro atoms. The Kier molecular flexibility index (Phi) is 5.82. The number of rotatable bonds is 6. The largest absolute Gasteiger partial charge is 0.381 e. The van der Waals surface area contributed by atoms with Crippen molar-refractivity contribution in [2.45, 2.75) is 50.9 Å². The Hall–Kier alpha value is -0.530. The second-order valence-electron chi connectivity index (χ2n) is 6.08. The van der Waals surface area contributed by atoms with E-state index < -0.39 is 0 Å². The molecule has 0 aromatic carbocycles. The molecule has 0 radical (unpaired) electrons. The first kappa shape index (κ1) is 16.3. The van der Waals surface area contributed by atoms with Crippen molar-refractivity contribution in [2.24, 2.45) is 0 Å². The lowest BCUT2D eigenvalue weighted by molar-refractivity contribution is -0.162. The zero-order chi connectivity index (χ0) is 15.3. The van der Waals surface area contributed by atoms with Crippen LogP contribution in [0, 0.1) is 6.92 Å². The summed E-state index contributed by atoms with van der Waals surface area (Å²) in [6.07, 6.45) is 5.32. The average molecular weight is 326 g/mol. The molecule has 0 aliphatic carbocycles. The standard InChI is InChI=1S/C16H26N2O3S/c1-13-12-22-15(18-13)16(5-9-19-10-6-16)17-7-11-21-14-4-2-3-8-20-14/h12,14,17H,2-11H2,1H3. The number of nitrogens with one attached hydrogen (secondary N) is 1. The molecule has 124 valence electrons. The fraction of sp³-hybridized carbons (Fsp3) is 0.812. The van der Waals surface area contributed by atoms with E-state index in [-0.39, 0.29) is 11.8 Å². The predicted octanol–water partition coefficient (Wildman–Crippen LogP) is 2.59. The van der Waals surface area contributed by atoms with Crippen LogP contribution in [-0.2, 0) is 19.7 Å². The van der Waals surface area contributed by atoms with E-state index in [1.807, 2.05) is 0 Å². The number of ether oxygens (including phenoxy) is 3. The van der Waals surface area contributed by atoms with Gasteiger partial charge in [0.15, 0.2) is 6.29 Å². The number of nitrogens with zero attached hydrogens (tertiary/aromatic N) is 1. The van der Waals surface area contributed by atoms with Gasteiger partial charge in [0.1, 0.15) is 5.01 Å². The Morgan fingerprint density at radius 3 is 2.91 bits per heavy atom. The van der Waals surface area contributed by atoms with Crippen LogP contribution in [0.1, 0.15) is 42.8 Å². The highest BCUT2D eigenvalue weighted by Crippen LogP contribution is 2.34. The molecule has 1 aromatic rings. The van der Waals surface area contributed by atoms with Crippen LogP contribution in [0.5, 0.6) is 0 Å². The first-order chi connectivity index (χ1) is 10.8. The lowest BCUT2D eigenvalue weighted by atomic mass is 9.90. The first-order valence-electron chi connectivity index (χ1n) is 8.27. The fourth-order valence-corrected chi connectivity index (χ4v) is 4.12. The minimum absolute atomic E-state index is 0.0108. The highest BCUT2D eigenvalue weighted by molar-refractivity contribution is 7.09. The normalized spacial score (nSPS) is 25.2. The van der Waals surface area contributed by atoms with Crippen molar-refractivity contribution in [2.75, 3.05) is 33.0 Å². The van der Waals surface area contributed by atoms with Gasteiger partial charge in [-0.2, -0.15) is 0 Å². The maximum absolute atomic E-state index is 5.83. The van der Waals surface area contributed by atoms with Gasteiger partial charge in [0.05, 0.1) is 12.1 Å². The monoisotopic (exact) mass is 326 g/mol. The summed E-state index contributed by atoms with van der Waals surface area (Å²) in [5, 5.41) is 7.00. The highest BCUT2D eigenvalue weighted by atomic mass is 32.1. The van der Waals surface area contributed by atoms with E-state index in [0.29, 0.717) is 6.61 Å². The van der Waals surface area contributed by atoms with Crippen LogP contribution in [-0.4, -0.2) is 44.2 Å². The zero-order valence-electron chi connectivity index (χ0n) is 13.3. The molecular formula is C16H26N2O3S. The van der Waals surface area contributed by atoms with Crippen molar-refractivity contribution >= 4 is 11.3 Å². The molecule has 2 aliphatic heterocycles. The second kappa shape index (κ2) is 7.84. The van der Waals surface area contributed by atoms with Crippen molar-refractivity contribution in [1.29, 1.82) is 0 Å². The number of hydrogen-bond acceptors (Lipinski definition) is 6. The summed E-state index contributed by atoms with van der Waals surface area (Å²) >= 11 is 1.75. The molecule has 2 saturated heterocycles. The van der Waals surface area contributed by atoms with Gasteiger partial charge in [-0.3, -0.25) is 0 Å².